The molecule has 6 nitrogen and oxygen atoms in total. The maximum absolute atomic E-state index is 11.9. The Kier molecular flexibility index (Phi) is 8.04. The lowest BCUT2D eigenvalue weighted by Crippen LogP contribution is -2.37. The van der Waals surface area contributed by atoms with Gasteiger partial charge in [-0.25, -0.2) is 5.43 Å². The fourth-order valence-corrected chi connectivity index (χ4v) is 2.86. The summed E-state index contributed by atoms with van der Waals surface area (Å²) in [6.07, 6.45) is 1.42. The minimum Gasteiger partial charge on any atom is -0.489 e. The zero-order valence-corrected chi connectivity index (χ0v) is 17.9. The third-order valence-corrected chi connectivity index (χ3v) is 4.78. The zero-order valence-electron chi connectivity index (χ0n) is 16.3. The first-order valence-corrected chi connectivity index (χ1v) is 10.1. The van der Waals surface area contributed by atoms with Crippen LogP contribution in [0.3, 0.4) is 0 Å². The van der Waals surface area contributed by atoms with E-state index in [4.69, 9.17) is 27.9 Å². The maximum Gasteiger partial charge on any atom is 0.329 e. The van der Waals surface area contributed by atoms with Crippen LogP contribution in [0.1, 0.15) is 16.7 Å². The molecule has 8 heteroatoms. The van der Waals surface area contributed by atoms with Crippen molar-refractivity contribution in [2.75, 3.05) is 0 Å². The molecule has 0 unspecified atom stereocenters. The molecular formula is C23H19Cl2N3O3. The molecule has 0 fully saturated rings. The summed E-state index contributed by atoms with van der Waals surface area (Å²) in [5, 5.41) is 7.57. The van der Waals surface area contributed by atoms with E-state index in [1.807, 2.05) is 18.2 Å². The highest BCUT2D eigenvalue weighted by molar-refractivity contribution is 6.35. The standard InChI is InChI=1S/C23H19Cl2N3O3/c24-19-10-8-16(9-11-19)13-26-22(29)23(30)28-27-14-17-4-3-6-20(12-17)31-15-18-5-1-2-7-21(18)25/h1-12,14H,13,15H2,(H,26,29)(H,28,30)/b27-14-. The first-order chi connectivity index (χ1) is 15.0. The van der Waals surface area contributed by atoms with Crippen molar-refractivity contribution in [3.8, 4) is 5.75 Å². The van der Waals surface area contributed by atoms with Gasteiger partial charge in [0.15, 0.2) is 0 Å². The summed E-state index contributed by atoms with van der Waals surface area (Å²) in [6.45, 7) is 0.531. The van der Waals surface area contributed by atoms with Crippen LogP contribution < -0.4 is 15.5 Å². The van der Waals surface area contributed by atoms with E-state index < -0.39 is 11.8 Å². The third-order valence-electron chi connectivity index (χ3n) is 4.16. The molecule has 3 rings (SSSR count). The van der Waals surface area contributed by atoms with Crippen molar-refractivity contribution < 1.29 is 14.3 Å². The van der Waals surface area contributed by atoms with Gasteiger partial charge in [0.25, 0.3) is 0 Å². The Morgan fingerprint density at radius 1 is 0.935 bits per heavy atom. The van der Waals surface area contributed by atoms with Crippen LogP contribution in [0.5, 0.6) is 5.75 Å². The van der Waals surface area contributed by atoms with Gasteiger partial charge in [-0.1, -0.05) is 65.7 Å². The average Bonchev–Trinajstić information content (AvgIpc) is 2.78. The molecule has 0 aliphatic heterocycles. The molecule has 3 aromatic rings. The van der Waals surface area contributed by atoms with Crippen molar-refractivity contribution in [2.45, 2.75) is 13.2 Å². The number of nitrogens with zero attached hydrogens (tertiary/aromatic N) is 1. The molecule has 3 aromatic carbocycles. The fraction of sp³-hybridized carbons (Fsp3) is 0.0870. The monoisotopic (exact) mass is 455 g/mol. The molecule has 0 saturated carbocycles. The Hall–Kier alpha value is -3.35. The Morgan fingerprint density at radius 2 is 1.71 bits per heavy atom. The van der Waals surface area contributed by atoms with Crippen LogP contribution >= 0.6 is 23.2 Å². The molecule has 2 N–H and O–H groups in total. The SMILES string of the molecule is O=C(NCc1ccc(Cl)cc1)C(=O)N/N=C\c1cccc(OCc2ccccc2Cl)c1. The Balaban J connectivity index is 1.48. The summed E-state index contributed by atoms with van der Waals surface area (Å²) < 4.78 is 5.75. The lowest BCUT2D eigenvalue weighted by atomic mass is 10.2. The van der Waals surface area contributed by atoms with Gasteiger partial charge in [-0.3, -0.25) is 9.59 Å². The summed E-state index contributed by atoms with van der Waals surface area (Å²) in [7, 11) is 0. The smallest absolute Gasteiger partial charge is 0.329 e. The summed E-state index contributed by atoms with van der Waals surface area (Å²) in [5.74, 6) is -1.03. The van der Waals surface area contributed by atoms with E-state index >= 15 is 0 Å². The van der Waals surface area contributed by atoms with Crippen molar-refractivity contribution in [1.82, 2.24) is 10.7 Å². The number of hydrogen-bond donors (Lipinski definition) is 2. The Bertz CT molecular complexity index is 1090. The number of ether oxygens (including phenoxy) is 1. The number of halogens is 2. The largest absolute Gasteiger partial charge is 0.489 e. The van der Waals surface area contributed by atoms with Crippen molar-refractivity contribution in [2.24, 2.45) is 5.10 Å². The first-order valence-electron chi connectivity index (χ1n) is 9.33. The van der Waals surface area contributed by atoms with E-state index in [0.29, 0.717) is 28.0 Å². The number of amides is 2. The van der Waals surface area contributed by atoms with Gasteiger partial charge in [0, 0.05) is 22.2 Å². The highest BCUT2D eigenvalue weighted by Gasteiger charge is 2.11. The van der Waals surface area contributed by atoms with Crippen LogP contribution in [0.15, 0.2) is 77.9 Å². The maximum atomic E-state index is 11.9. The second-order valence-corrected chi connectivity index (χ2v) is 7.30. The van der Waals surface area contributed by atoms with E-state index in [-0.39, 0.29) is 6.54 Å². The second kappa shape index (κ2) is 11.2. The molecule has 31 heavy (non-hydrogen) atoms. The molecule has 0 spiro atoms. The lowest BCUT2D eigenvalue weighted by Gasteiger charge is -2.08. The fourth-order valence-electron chi connectivity index (χ4n) is 2.54. The van der Waals surface area contributed by atoms with Gasteiger partial charge in [-0.2, -0.15) is 5.10 Å². The molecule has 0 heterocycles. The molecule has 0 aromatic heterocycles. The molecule has 2 amide bonds. The van der Waals surface area contributed by atoms with Crippen LogP contribution in [0.4, 0.5) is 0 Å². The van der Waals surface area contributed by atoms with Gasteiger partial charge in [0.2, 0.25) is 0 Å². The van der Waals surface area contributed by atoms with Crippen LogP contribution in [0, 0.1) is 0 Å². The van der Waals surface area contributed by atoms with Crippen LogP contribution in [0.25, 0.3) is 0 Å². The first kappa shape index (κ1) is 22.3. The molecule has 0 aliphatic rings. The van der Waals surface area contributed by atoms with Gasteiger partial charge in [-0.05, 0) is 41.5 Å². The number of nitrogens with one attached hydrogen (secondary N) is 2. The van der Waals surface area contributed by atoms with Crippen molar-refractivity contribution >= 4 is 41.2 Å². The quantitative estimate of drug-likeness (QED) is 0.316. The van der Waals surface area contributed by atoms with E-state index in [1.165, 1.54) is 6.21 Å². The van der Waals surface area contributed by atoms with E-state index in [2.05, 4.69) is 15.8 Å². The number of benzene rings is 3. The van der Waals surface area contributed by atoms with Gasteiger partial charge >= 0.3 is 11.8 Å². The van der Waals surface area contributed by atoms with Crippen LogP contribution in [-0.2, 0) is 22.7 Å². The number of hydrazone groups is 1. The molecular weight excluding hydrogens is 437 g/mol. The third kappa shape index (κ3) is 7.13. The number of hydrogen-bond acceptors (Lipinski definition) is 4. The molecule has 158 valence electrons. The highest BCUT2D eigenvalue weighted by atomic mass is 35.5. The van der Waals surface area contributed by atoms with Gasteiger partial charge in [0.05, 0.1) is 6.21 Å². The second-order valence-electron chi connectivity index (χ2n) is 6.46. The minimum atomic E-state index is -0.865. The number of rotatable bonds is 7. The van der Waals surface area contributed by atoms with Crippen molar-refractivity contribution in [3.05, 3.63) is 99.5 Å². The van der Waals surface area contributed by atoms with E-state index in [9.17, 15) is 9.59 Å². The zero-order chi connectivity index (χ0) is 22.1. The van der Waals surface area contributed by atoms with Crippen molar-refractivity contribution in [3.63, 3.8) is 0 Å². The van der Waals surface area contributed by atoms with Gasteiger partial charge in [0.1, 0.15) is 12.4 Å². The number of carbonyl (C=O) groups is 2. The lowest BCUT2D eigenvalue weighted by molar-refractivity contribution is -0.139. The van der Waals surface area contributed by atoms with E-state index in [0.717, 1.165) is 11.1 Å². The number of carbonyl (C=O) groups excluding carboxylic acids is 2. The molecule has 0 bridgehead atoms. The minimum absolute atomic E-state index is 0.206. The average molecular weight is 456 g/mol. The predicted octanol–water partition coefficient (Wildman–Crippen LogP) is 4.34. The predicted molar refractivity (Wildman–Crippen MR) is 121 cm³/mol. The Labute approximate surface area is 189 Å². The van der Waals surface area contributed by atoms with Crippen LogP contribution in [0.2, 0.25) is 10.0 Å². The van der Waals surface area contributed by atoms with Crippen LogP contribution in [-0.4, -0.2) is 18.0 Å². The summed E-state index contributed by atoms with van der Waals surface area (Å²) >= 11 is 11.9. The van der Waals surface area contributed by atoms with Crippen molar-refractivity contribution in [1.29, 1.82) is 0 Å². The van der Waals surface area contributed by atoms with Gasteiger partial charge in [-0.15, -0.1) is 0 Å². The highest BCUT2D eigenvalue weighted by Crippen LogP contribution is 2.19. The summed E-state index contributed by atoms with van der Waals surface area (Å²) in [5.41, 5.74) is 4.59. The summed E-state index contributed by atoms with van der Waals surface area (Å²) in [6, 6.07) is 21.5. The molecule has 0 atom stereocenters. The molecule has 0 radical (unpaired) electrons. The molecule has 0 saturated heterocycles. The topological polar surface area (TPSA) is 79.8 Å². The normalized spacial score (nSPS) is 10.6. The molecule has 0 aliphatic carbocycles. The summed E-state index contributed by atoms with van der Waals surface area (Å²) in [4.78, 5) is 23.7. The van der Waals surface area contributed by atoms with Gasteiger partial charge < -0.3 is 10.1 Å². The van der Waals surface area contributed by atoms with E-state index in [1.54, 1.807) is 54.6 Å². The Morgan fingerprint density at radius 3 is 2.48 bits per heavy atom.